The lowest BCUT2D eigenvalue weighted by Crippen LogP contribution is -2.28. The topological polar surface area (TPSA) is 29.1 Å². The molecule has 1 N–H and O–H groups in total. The monoisotopic (exact) mass is 331 g/mol. The van der Waals surface area contributed by atoms with Crippen molar-refractivity contribution in [2.45, 2.75) is 25.8 Å². The number of halogens is 1. The Balaban J connectivity index is 2.17. The number of nitrogens with one attached hydrogen (secondary N) is 1. The highest BCUT2D eigenvalue weighted by atomic mass is 79.9. The average Bonchev–Trinajstić information content (AvgIpc) is 2.48. The van der Waals surface area contributed by atoms with Gasteiger partial charge in [-0.15, -0.1) is 0 Å². The lowest BCUT2D eigenvalue weighted by Gasteiger charge is -2.19. The van der Waals surface area contributed by atoms with Gasteiger partial charge in [0.1, 0.15) is 0 Å². The Morgan fingerprint density at radius 1 is 1.10 bits per heavy atom. The van der Waals surface area contributed by atoms with Gasteiger partial charge in [-0.2, -0.15) is 0 Å². The van der Waals surface area contributed by atoms with Crippen molar-refractivity contribution in [3.8, 4) is 0 Å². The van der Waals surface area contributed by atoms with E-state index in [1.807, 2.05) is 42.5 Å². The van der Waals surface area contributed by atoms with E-state index in [0.717, 1.165) is 22.9 Å². The molecule has 2 aromatic carbocycles. The minimum absolute atomic E-state index is 0.0419. The summed E-state index contributed by atoms with van der Waals surface area (Å²) in [7, 11) is 0. The second-order valence-electron chi connectivity index (χ2n) is 4.71. The molecule has 2 aromatic rings. The van der Waals surface area contributed by atoms with Crippen LogP contribution in [0.4, 0.5) is 0 Å². The largest absolute Gasteiger partial charge is 0.345 e. The van der Waals surface area contributed by atoms with E-state index in [1.54, 1.807) is 0 Å². The van der Waals surface area contributed by atoms with E-state index in [1.165, 1.54) is 0 Å². The first-order chi connectivity index (χ1) is 9.72. The third kappa shape index (κ3) is 3.70. The fourth-order valence-corrected chi connectivity index (χ4v) is 2.64. The Kier molecular flexibility index (Phi) is 5.36. The summed E-state index contributed by atoms with van der Waals surface area (Å²) in [4.78, 5) is 12.4. The van der Waals surface area contributed by atoms with Crippen LogP contribution in [0.15, 0.2) is 59.1 Å². The van der Waals surface area contributed by atoms with Crippen molar-refractivity contribution in [3.63, 3.8) is 0 Å². The van der Waals surface area contributed by atoms with Crippen molar-refractivity contribution in [2.24, 2.45) is 0 Å². The molecule has 0 saturated carbocycles. The summed E-state index contributed by atoms with van der Waals surface area (Å²) in [6.07, 6.45) is 1.95. The van der Waals surface area contributed by atoms with Crippen molar-refractivity contribution < 1.29 is 4.79 Å². The van der Waals surface area contributed by atoms with Gasteiger partial charge in [0.2, 0.25) is 0 Å². The highest BCUT2D eigenvalue weighted by Gasteiger charge is 2.16. The molecule has 1 amide bonds. The number of rotatable bonds is 5. The Bertz CT molecular complexity index is 568. The molecular weight excluding hydrogens is 314 g/mol. The molecule has 104 valence electrons. The molecule has 0 heterocycles. The van der Waals surface area contributed by atoms with Gasteiger partial charge in [-0.25, -0.2) is 0 Å². The van der Waals surface area contributed by atoms with Crippen LogP contribution in [-0.2, 0) is 0 Å². The van der Waals surface area contributed by atoms with Crippen LogP contribution in [0.2, 0.25) is 0 Å². The normalized spacial score (nSPS) is 11.9. The van der Waals surface area contributed by atoms with Crippen LogP contribution in [0.3, 0.4) is 0 Å². The number of benzene rings is 2. The zero-order valence-corrected chi connectivity index (χ0v) is 13.1. The van der Waals surface area contributed by atoms with Gasteiger partial charge >= 0.3 is 0 Å². The first-order valence-corrected chi connectivity index (χ1v) is 7.62. The summed E-state index contributed by atoms with van der Waals surface area (Å²) in [5.74, 6) is -0.0419. The van der Waals surface area contributed by atoms with Gasteiger partial charge in [-0.05, 0) is 40.0 Å². The molecule has 0 radical (unpaired) electrons. The smallest absolute Gasteiger partial charge is 0.252 e. The summed E-state index contributed by atoms with van der Waals surface area (Å²) in [5.41, 5.74) is 1.82. The molecule has 0 aliphatic heterocycles. The van der Waals surface area contributed by atoms with Crippen molar-refractivity contribution in [2.75, 3.05) is 0 Å². The summed E-state index contributed by atoms with van der Waals surface area (Å²) in [6.45, 7) is 2.13. The summed E-state index contributed by atoms with van der Waals surface area (Å²) >= 11 is 3.42. The molecule has 0 unspecified atom stereocenters. The molecule has 0 aromatic heterocycles. The predicted molar refractivity (Wildman–Crippen MR) is 85.7 cm³/mol. The lowest BCUT2D eigenvalue weighted by atomic mass is 10.0. The van der Waals surface area contributed by atoms with Crippen LogP contribution in [0.5, 0.6) is 0 Å². The van der Waals surface area contributed by atoms with Crippen molar-refractivity contribution in [3.05, 3.63) is 70.2 Å². The van der Waals surface area contributed by atoms with E-state index in [0.29, 0.717) is 5.56 Å². The Morgan fingerprint density at radius 2 is 1.75 bits per heavy atom. The quantitative estimate of drug-likeness (QED) is 0.843. The van der Waals surface area contributed by atoms with E-state index in [-0.39, 0.29) is 11.9 Å². The molecule has 0 fully saturated rings. The standard InChI is InChI=1S/C17H18BrNO/c1-2-8-16(13-9-4-3-5-10-13)19-17(20)14-11-6-7-12-15(14)18/h3-7,9-12,16H,2,8H2,1H3,(H,19,20)/t16-/m1/s1. The van der Waals surface area contributed by atoms with Gasteiger partial charge in [0.05, 0.1) is 11.6 Å². The van der Waals surface area contributed by atoms with E-state index >= 15 is 0 Å². The Morgan fingerprint density at radius 3 is 2.40 bits per heavy atom. The zero-order chi connectivity index (χ0) is 14.4. The van der Waals surface area contributed by atoms with E-state index in [9.17, 15) is 4.79 Å². The summed E-state index contributed by atoms with van der Waals surface area (Å²) in [6, 6.07) is 17.6. The highest BCUT2D eigenvalue weighted by Crippen LogP contribution is 2.21. The maximum atomic E-state index is 12.4. The molecule has 0 aliphatic rings. The van der Waals surface area contributed by atoms with Crippen LogP contribution in [0.1, 0.15) is 41.7 Å². The molecule has 0 bridgehead atoms. The maximum absolute atomic E-state index is 12.4. The number of carbonyl (C=O) groups is 1. The van der Waals surface area contributed by atoms with Crippen LogP contribution in [0.25, 0.3) is 0 Å². The predicted octanol–water partition coefficient (Wildman–Crippen LogP) is 4.72. The fourth-order valence-electron chi connectivity index (χ4n) is 2.18. The Hall–Kier alpha value is -1.61. The van der Waals surface area contributed by atoms with Crippen molar-refractivity contribution in [1.29, 1.82) is 0 Å². The van der Waals surface area contributed by atoms with Crippen LogP contribution in [0, 0.1) is 0 Å². The van der Waals surface area contributed by atoms with Gasteiger partial charge in [0.15, 0.2) is 0 Å². The first kappa shape index (κ1) is 14.8. The summed E-state index contributed by atoms with van der Waals surface area (Å²) in [5, 5.41) is 3.12. The third-order valence-electron chi connectivity index (χ3n) is 3.20. The summed E-state index contributed by atoms with van der Waals surface area (Å²) < 4.78 is 0.820. The number of carbonyl (C=O) groups excluding carboxylic acids is 1. The number of hydrogen-bond acceptors (Lipinski definition) is 1. The van der Waals surface area contributed by atoms with Crippen LogP contribution >= 0.6 is 15.9 Å². The molecule has 20 heavy (non-hydrogen) atoms. The molecule has 3 heteroatoms. The van der Waals surface area contributed by atoms with E-state index in [4.69, 9.17) is 0 Å². The van der Waals surface area contributed by atoms with Gasteiger partial charge in [0.25, 0.3) is 5.91 Å². The molecule has 0 aliphatic carbocycles. The number of hydrogen-bond donors (Lipinski definition) is 1. The van der Waals surface area contributed by atoms with Crippen LogP contribution < -0.4 is 5.32 Å². The molecular formula is C17H18BrNO. The van der Waals surface area contributed by atoms with Gasteiger partial charge in [-0.3, -0.25) is 4.79 Å². The average molecular weight is 332 g/mol. The molecule has 2 rings (SSSR count). The van der Waals surface area contributed by atoms with Crippen LogP contribution in [-0.4, -0.2) is 5.91 Å². The second kappa shape index (κ2) is 7.25. The zero-order valence-electron chi connectivity index (χ0n) is 11.5. The minimum atomic E-state index is -0.0419. The maximum Gasteiger partial charge on any atom is 0.252 e. The third-order valence-corrected chi connectivity index (χ3v) is 3.89. The first-order valence-electron chi connectivity index (χ1n) is 6.82. The molecule has 1 atom stereocenters. The van der Waals surface area contributed by atoms with Gasteiger partial charge < -0.3 is 5.32 Å². The SMILES string of the molecule is CCC[C@@H](NC(=O)c1ccccc1Br)c1ccccc1. The Labute approximate surface area is 128 Å². The molecule has 0 spiro atoms. The molecule has 0 saturated heterocycles. The van der Waals surface area contributed by atoms with E-state index in [2.05, 4.69) is 40.3 Å². The van der Waals surface area contributed by atoms with E-state index < -0.39 is 0 Å². The van der Waals surface area contributed by atoms with Crippen molar-refractivity contribution in [1.82, 2.24) is 5.32 Å². The fraction of sp³-hybridized carbons (Fsp3) is 0.235. The second-order valence-corrected chi connectivity index (χ2v) is 5.56. The number of amides is 1. The van der Waals surface area contributed by atoms with Crippen molar-refractivity contribution >= 4 is 21.8 Å². The molecule has 2 nitrogen and oxygen atoms in total. The lowest BCUT2D eigenvalue weighted by molar-refractivity contribution is 0.0933. The minimum Gasteiger partial charge on any atom is -0.345 e. The van der Waals surface area contributed by atoms with Gasteiger partial charge in [0, 0.05) is 4.47 Å². The highest BCUT2D eigenvalue weighted by molar-refractivity contribution is 9.10. The van der Waals surface area contributed by atoms with Gasteiger partial charge in [-0.1, -0.05) is 55.8 Å².